The number of benzene rings is 1. The summed E-state index contributed by atoms with van der Waals surface area (Å²) >= 11 is 0. The van der Waals surface area contributed by atoms with Crippen molar-refractivity contribution in [1.82, 2.24) is 0 Å². The Balaban J connectivity index is 2.24. The second-order valence-corrected chi connectivity index (χ2v) is 4.42. The van der Waals surface area contributed by atoms with Gasteiger partial charge in [-0.05, 0) is 43.7 Å². The van der Waals surface area contributed by atoms with Crippen molar-refractivity contribution in [3.8, 4) is 5.75 Å². The molecule has 5 heteroatoms. The predicted octanol–water partition coefficient (Wildman–Crippen LogP) is 1.77. The molecule has 2 rings (SSSR count). The normalized spacial score (nSPS) is 18.7. The lowest BCUT2D eigenvalue weighted by atomic mass is 9.98. The van der Waals surface area contributed by atoms with Gasteiger partial charge < -0.3 is 10.5 Å². The van der Waals surface area contributed by atoms with E-state index in [-0.39, 0.29) is 11.8 Å². The SMILES string of the molecule is CCC1=NN(c2ccc(OC)cc2)C(=O)C1CCN. The summed E-state index contributed by atoms with van der Waals surface area (Å²) in [4.78, 5) is 12.3. The Kier molecular flexibility index (Phi) is 4.16. The number of carbonyl (C=O) groups excluding carboxylic acids is 1. The summed E-state index contributed by atoms with van der Waals surface area (Å²) in [6, 6.07) is 7.30. The molecular weight excluding hydrogens is 242 g/mol. The minimum atomic E-state index is -0.169. The van der Waals surface area contributed by atoms with E-state index in [9.17, 15) is 4.79 Å². The molecule has 1 heterocycles. The molecule has 1 aliphatic rings. The van der Waals surface area contributed by atoms with Crippen molar-refractivity contribution in [2.24, 2.45) is 16.8 Å². The number of anilines is 1. The van der Waals surface area contributed by atoms with Crippen molar-refractivity contribution in [3.63, 3.8) is 0 Å². The van der Waals surface area contributed by atoms with Crippen LogP contribution in [0.15, 0.2) is 29.4 Å². The Labute approximate surface area is 113 Å². The number of nitrogens with zero attached hydrogens (tertiary/aromatic N) is 2. The molecule has 0 radical (unpaired) electrons. The molecule has 1 unspecified atom stereocenters. The molecule has 1 aliphatic heterocycles. The number of hydrogen-bond donors (Lipinski definition) is 1. The Morgan fingerprint density at radius 1 is 1.37 bits per heavy atom. The van der Waals surface area contributed by atoms with Crippen molar-refractivity contribution in [1.29, 1.82) is 0 Å². The molecule has 0 aromatic heterocycles. The van der Waals surface area contributed by atoms with Gasteiger partial charge in [0.2, 0.25) is 0 Å². The first-order valence-corrected chi connectivity index (χ1v) is 6.46. The minimum Gasteiger partial charge on any atom is -0.497 e. The summed E-state index contributed by atoms with van der Waals surface area (Å²) in [7, 11) is 1.61. The zero-order chi connectivity index (χ0) is 13.8. The maximum absolute atomic E-state index is 12.3. The zero-order valence-electron chi connectivity index (χ0n) is 11.3. The molecule has 0 fully saturated rings. The van der Waals surface area contributed by atoms with Gasteiger partial charge in [0.05, 0.1) is 24.4 Å². The predicted molar refractivity (Wildman–Crippen MR) is 75.4 cm³/mol. The van der Waals surface area contributed by atoms with Crippen LogP contribution in [0.3, 0.4) is 0 Å². The van der Waals surface area contributed by atoms with Gasteiger partial charge in [0.1, 0.15) is 5.75 Å². The van der Waals surface area contributed by atoms with Gasteiger partial charge in [-0.1, -0.05) is 6.92 Å². The second kappa shape index (κ2) is 5.84. The van der Waals surface area contributed by atoms with Crippen LogP contribution in [0.5, 0.6) is 5.75 Å². The van der Waals surface area contributed by atoms with Gasteiger partial charge in [-0.25, -0.2) is 5.01 Å². The van der Waals surface area contributed by atoms with Gasteiger partial charge >= 0.3 is 0 Å². The summed E-state index contributed by atoms with van der Waals surface area (Å²) < 4.78 is 5.10. The average Bonchev–Trinajstić information content (AvgIpc) is 2.76. The van der Waals surface area contributed by atoms with Crippen LogP contribution in [0, 0.1) is 5.92 Å². The van der Waals surface area contributed by atoms with E-state index in [0.717, 1.165) is 23.6 Å². The molecule has 19 heavy (non-hydrogen) atoms. The highest BCUT2D eigenvalue weighted by molar-refractivity contribution is 6.15. The quantitative estimate of drug-likeness (QED) is 0.878. The number of ether oxygens (including phenoxy) is 1. The van der Waals surface area contributed by atoms with Crippen LogP contribution in [-0.2, 0) is 4.79 Å². The molecular formula is C14H19N3O2. The topological polar surface area (TPSA) is 67.9 Å². The Bertz CT molecular complexity index is 482. The smallest absolute Gasteiger partial charge is 0.256 e. The summed E-state index contributed by atoms with van der Waals surface area (Å²) in [5, 5.41) is 5.89. The first kappa shape index (κ1) is 13.5. The number of hydrazone groups is 1. The summed E-state index contributed by atoms with van der Waals surface area (Å²) in [6.45, 7) is 2.50. The maximum Gasteiger partial charge on any atom is 0.256 e. The lowest BCUT2D eigenvalue weighted by Crippen LogP contribution is -2.29. The molecule has 0 aliphatic carbocycles. The lowest BCUT2D eigenvalue weighted by molar-refractivity contribution is -0.119. The van der Waals surface area contributed by atoms with Gasteiger partial charge in [0.25, 0.3) is 5.91 Å². The van der Waals surface area contributed by atoms with Crippen molar-refractivity contribution >= 4 is 17.3 Å². The van der Waals surface area contributed by atoms with Crippen molar-refractivity contribution < 1.29 is 9.53 Å². The molecule has 1 amide bonds. The molecule has 1 atom stereocenters. The summed E-state index contributed by atoms with van der Waals surface area (Å²) in [5.41, 5.74) is 7.24. The number of amides is 1. The van der Waals surface area contributed by atoms with Crippen molar-refractivity contribution in [2.75, 3.05) is 18.7 Å². The fourth-order valence-corrected chi connectivity index (χ4v) is 2.22. The summed E-state index contributed by atoms with van der Waals surface area (Å²) in [5.74, 6) is 0.596. The average molecular weight is 261 g/mol. The van der Waals surface area contributed by atoms with Crippen LogP contribution in [0.1, 0.15) is 19.8 Å². The molecule has 1 aromatic rings. The van der Waals surface area contributed by atoms with E-state index in [4.69, 9.17) is 10.5 Å². The molecule has 0 bridgehead atoms. The molecule has 0 saturated carbocycles. The van der Waals surface area contributed by atoms with Crippen LogP contribution in [0.4, 0.5) is 5.69 Å². The number of hydrogen-bond acceptors (Lipinski definition) is 4. The van der Waals surface area contributed by atoms with Gasteiger partial charge in [-0.15, -0.1) is 0 Å². The van der Waals surface area contributed by atoms with E-state index in [1.54, 1.807) is 7.11 Å². The number of rotatable bonds is 5. The zero-order valence-corrected chi connectivity index (χ0v) is 11.3. The van der Waals surface area contributed by atoms with Gasteiger partial charge in [0.15, 0.2) is 0 Å². The van der Waals surface area contributed by atoms with Gasteiger partial charge in [0, 0.05) is 0 Å². The van der Waals surface area contributed by atoms with E-state index >= 15 is 0 Å². The number of carbonyl (C=O) groups is 1. The first-order valence-electron chi connectivity index (χ1n) is 6.46. The Morgan fingerprint density at radius 2 is 2.05 bits per heavy atom. The Morgan fingerprint density at radius 3 is 2.58 bits per heavy atom. The third-order valence-electron chi connectivity index (χ3n) is 3.27. The van der Waals surface area contributed by atoms with E-state index in [1.165, 1.54) is 5.01 Å². The molecule has 1 aromatic carbocycles. The minimum absolute atomic E-state index is 0.00691. The third-order valence-corrected chi connectivity index (χ3v) is 3.27. The van der Waals surface area contributed by atoms with Crippen molar-refractivity contribution in [2.45, 2.75) is 19.8 Å². The van der Waals surface area contributed by atoms with E-state index in [1.807, 2.05) is 31.2 Å². The van der Waals surface area contributed by atoms with Crippen LogP contribution in [0.25, 0.3) is 0 Å². The fourth-order valence-electron chi connectivity index (χ4n) is 2.22. The first-order chi connectivity index (χ1) is 9.21. The van der Waals surface area contributed by atoms with Crippen LogP contribution >= 0.6 is 0 Å². The molecule has 5 nitrogen and oxygen atoms in total. The maximum atomic E-state index is 12.3. The lowest BCUT2D eigenvalue weighted by Gasteiger charge is -2.14. The van der Waals surface area contributed by atoms with Crippen LogP contribution in [0.2, 0.25) is 0 Å². The standard InChI is InChI=1S/C14H19N3O2/c1-3-13-12(8-9-15)14(18)17(16-13)10-4-6-11(19-2)7-5-10/h4-7,12H,3,8-9,15H2,1-2H3. The Hall–Kier alpha value is -1.88. The van der Waals surface area contributed by atoms with Gasteiger partial charge in [-0.3, -0.25) is 4.79 Å². The second-order valence-electron chi connectivity index (χ2n) is 4.42. The summed E-state index contributed by atoms with van der Waals surface area (Å²) in [6.07, 6.45) is 1.42. The highest BCUT2D eigenvalue weighted by atomic mass is 16.5. The number of methoxy groups -OCH3 is 1. The van der Waals surface area contributed by atoms with Gasteiger partial charge in [-0.2, -0.15) is 5.10 Å². The van der Waals surface area contributed by atoms with Crippen molar-refractivity contribution in [3.05, 3.63) is 24.3 Å². The van der Waals surface area contributed by atoms with E-state index in [0.29, 0.717) is 13.0 Å². The molecule has 102 valence electrons. The van der Waals surface area contributed by atoms with Crippen LogP contribution in [-0.4, -0.2) is 25.3 Å². The monoisotopic (exact) mass is 261 g/mol. The molecule has 2 N–H and O–H groups in total. The van der Waals surface area contributed by atoms with Crippen LogP contribution < -0.4 is 15.5 Å². The molecule has 0 spiro atoms. The largest absolute Gasteiger partial charge is 0.497 e. The highest BCUT2D eigenvalue weighted by Crippen LogP contribution is 2.27. The van der Waals surface area contributed by atoms with E-state index in [2.05, 4.69) is 5.10 Å². The number of nitrogens with two attached hydrogens (primary N) is 1. The molecule has 0 saturated heterocycles. The highest BCUT2D eigenvalue weighted by Gasteiger charge is 2.34. The van der Waals surface area contributed by atoms with E-state index < -0.39 is 0 Å². The third kappa shape index (κ3) is 2.61. The fraction of sp³-hybridized carbons (Fsp3) is 0.429.